The van der Waals surface area contributed by atoms with E-state index >= 15 is 0 Å². The molecule has 7 aliphatic rings. The molecule has 4 amide bonds. The van der Waals surface area contributed by atoms with Gasteiger partial charge in [0.25, 0.3) is 5.91 Å². The van der Waals surface area contributed by atoms with Gasteiger partial charge in [0.05, 0.1) is 12.4 Å². The molecule has 0 radical (unpaired) electrons. The number of carbonyl (C=O) groups is 5. The number of nitrogens with zero attached hydrogens (tertiary/aromatic N) is 5. The van der Waals surface area contributed by atoms with Crippen LogP contribution in [0.2, 0.25) is 0 Å². The monoisotopic (exact) mass is 965 g/mol. The quantitative estimate of drug-likeness (QED) is 0.164. The Balaban J connectivity index is 0.649. The highest BCUT2D eigenvalue weighted by molar-refractivity contribution is 8.00. The third-order valence-electron chi connectivity index (χ3n) is 16.5. The summed E-state index contributed by atoms with van der Waals surface area (Å²) in [5, 5.41) is 6.72. The number of fused-ring (bicyclic) bond motifs is 1. The number of hydrogen-bond acceptors (Lipinski definition) is 11. The molecular formula is C56H68N8O5S. The molecule has 3 aromatic rings. The Hall–Kier alpha value is -5.44. The second-order valence-corrected chi connectivity index (χ2v) is 22.7. The number of thioether (sulfide) groups is 1. The van der Waals surface area contributed by atoms with E-state index < -0.39 is 11.8 Å². The molecule has 4 fully saturated rings. The number of allylic oxidation sites excluding steroid dienone is 2. The Bertz CT molecular complexity index is 2600. The van der Waals surface area contributed by atoms with E-state index in [4.69, 9.17) is 15.7 Å². The van der Waals surface area contributed by atoms with E-state index in [9.17, 15) is 24.0 Å². The van der Waals surface area contributed by atoms with Crippen molar-refractivity contribution in [1.29, 1.82) is 0 Å². The third-order valence-corrected chi connectivity index (χ3v) is 17.6. The molecule has 3 saturated heterocycles. The van der Waals surface area contributed by atoms with Crippen molar-refractivity contribution in [3.63, 3.8) is 0 Å². The van der Waals surface area contributed by atoms with Gasteiger partial charge in [-0.25, -0.2) is 9.97 Å². The number of aromatic nitrogens is 2. The molecule has 3 atom stereocenters. The van der Waals surface area contributed by atoms with Crippen LogP contribution in [0.1, 0.15) is 127 Å². The zero-order chi connectivity index (χ0) is 48.5. The summed E-state index contributed by atoms with van der Waals surface area (Å²) in [6.45, 7) is 9.28. The van der Waals surface area contributed by atoms with Gasteiger partial charge in [0.2, 0.25) is 17.7 Å². The van der Waals surface area contributed by atoms with E-state index in [1.54, 1.807) is 11.8 Å². The van der Waals surface area contributed by atoms with Crippen molar-refractivity contribution in [3.05, 3.63) is 112 Å². The van der Waals surface area contributed by atoms with Crippen molar-refractivity contribution in [1.82, 2.24) is 30.4 Å². The summed E-state index contributed by atoms with van der Waals surface area (Å²) < 4.78 is 0. The number of rotatable bonds is 11. The van der Waals surface area contributed by atoms with Crippen molar-refractivity contribution in [2.75, 3.05) is 44.2 Å². The average molecular weight is 965 g/mol. The predicted molar refractivity (Wildman–Crippen MR) is 273 cm³/mol. The Labute approximate surface area is 416 Å². The molecule has 4 aliphatic heterocycles. The number of piperidine rings is 3. The van der Waals surface area contributed by atoms with Gasteiger partial charge in [-0.05, 0) is 149 Å². The molecule has 70 heavy (non-hydrogen) atoms. The summed E-state index contributed by atoms with van der Waals surface area (Å²) in [7, 11) is 0. The first-order valence-corrected chi connectivity index (χ1v) is 26.8. The summed E-state index contributed by atoms with van der Waals surface area (Å²) in [6, 6.07) is 12.9. The van der Waals surface area contributed by atoms with Gasteiger partial charge >= 0.3 is 0 Å². The maximum atomic E-state index is 13.8. The molecule has 368 valence electrons. The summed E-state index contributed by atoms with van der Waals surface area (Å²) in [6.07, 6.45) is 24.0. The first-order valence-electron chi connectivity index (χ1n) is 25.9. The van der Waals surface area contributed by atoms with Gasteiger partial charge in [0.1, 0.15) is 10.8 Å². The highest BCUT2D eigenvalue weighted by atomic mass is 32.2. The van der Waals surface area contributed by atoms with Gasteiger partial charge in [-0.1, -0.05) is 54.2 Å². The number of imide groups is 1. The second-order valence-electron chi connectivity index (χ2n) is 21.4. The number of nitrogens with two attached hydrogens (primary N) is 1. The van der Waals surface area contributed by atoms with Crippen LogP contribution in [0.3, 0.4) is 0 Å². The lowest BCUT2D eigenvalue weighted by molar-refractivity contribution is -0.137. The van der Waals surface area contributed by atoms with Crippen molar-refractivity contribution in [2.24, 2.45) is 29.4 Å². The van der Waals surface area contributed by atoms with Gasteiger partial charge in [0, 0.05) is 97.1 Å². The van der Waals surface area contributed by atoms with E-state index in [0.717, 1.165) is 143 Å². The van der Waals surface area contributed by atoms with Crippen LogP contribution in [0, 0.1) is 30.6 Å². The van der Waals surface area contributed by atoms with Gasteiger partial charge in [-0.15, -0.1) is 0 Å². The lowest BCUT2D eigenvalue weighted by atomic mass is 9.83. The Morgan fingerprint density at radius 3 is 2.41 bits per heavy atom. The summed E-state index contributed by atoms with van der Waals surface area (Å²) in [4.78, 5) is 81.1. The van der Waals surface area contributed by atoms with Crippen LogP contribution in [-0.2, 0) is 27.2 Å². The van der Waals surface area contributed by atoms with Gasteiger partial charge in [-0.3, -0.25) is 34.2 Å². The Morgan fingerprint density at radius 2 is 1.70 bits per heavy atom. The van der Waals surface area contributed by atoms with E-state index in [1.165, 1.54) is 16.7 Å². The largest absolute Gasteiger partial charge is 0.355 e. The van der Waals surface area contributed by atoms with Crippen LogP contribution in [-0.4, -0.2) is 105 Å². The number of benzene rings is 2. The lowest BCUT2D eigenvalue weighted by Gasteiger charge is -2.38. The molecule has 5 heterocycles. The van der Waals surface area contributed by atoms with Gasteiger partial charge in [0.15, 0.2) is 5.78 Å². The molecule has 0 spiro atoms. The fourth-order valence-electron chi connectivity index (χ4n) is 12.1. The molecule has 4 N–H and O–H groups in total. The number of Topliss-reactive ketones (excluding diaryl/α,β-unsaturated/α-hetero) is 1. The maximum Gasteiger partial charge on any atom is 0.254 e. The first-order chi connectivity index (χ1) is 33.8. The van der Waals surface area contributed by atoms with Crippen LogP contribution in [0.4, 0.5) is 5.82 Å². The SMILES string of the molecule is Cc1cc(C2=CCN(C3CCC(C(=O)NC4=CC(Sc5cnc(N6CCC(C)(N)CC6)cn5)CC=C4)CC3)CC2)ccc1C(=O)N1CCC(Cc2ccc3c(c2)CC(C2CCC(=O)NC2=O)C3=O)CC1. The van der Waals surface area contributed by atoms with Crippen molar-refractivity contribution >= 4 is 52.6 Å². The van der Waals surface area contributed by atoms with Gasteiger partial charge in [-0.2, -0.15) is 0 Å². The number of hydrogen-bond donors (Lipinski definition) is 3. The predicted octanol–water partition coefficient (Wildman–Crippen LogP) is 7.37. The topological polar surface area (TPSA) is 171 Å². The van der Waals surface area contributed by atoms with E-state index in [2.05, 4.69) is 70.7 Å². The highest BCUT2D eigenvalue weighted by Gasteiger charge is 2.42. The normalized spacial score (nSPS) is 26.3. The van der Waals surface area contributed by atoms with Crippen LogP contribution < -0.4 is 21.3 Å². The number of carbonyl (C=O) groups excluding carboxylic acids is 5. The number of anilines is 1. The molecule has 2 aromatic carbocycles. The third kappa shape index (κ3) is 10.9. The van der Waals surface area contributed by atoms with Crippen molar-refractivity contribution in [2.45, 2.75) is 126 Å². The zero-order valence-corrected chi connectivity index (χ0v) is 41.6. The number of nitrogens with one attached hydrogen (secondary N) is 2. The highest BCUT2D eigenvalue weighted by Crippen LogP contribution is 2.38. The average Bonchev–Trinajstić information content (AvgIpc) is 3.68. The molecule has 13 nitrogen and oxygen atoms in total. The van der Waals surface area contributed by atoms with E-state index in [1.807, 2.05) is 41.6 Å². The van der Waals surface area contributed by atoms with E-state index in [0.29, 0.717) is 30.4 Å². The van der Waals surface area contributed by atoms with Gasteiger partial charge < -0.3 is 20.9 Å². The van der Waals surface area contributed by atoms with Crippen LogP contribution >= 0.6 is 11.8 Å². The number of ketones is 1. The van der Waals surface area contributed by atoms with Crippen molar-refractivity contribution < 1.29 is 24.0 Å². The second kappa shape index (κ2) is 20.7. The van der Waals surface area contributed by atoms with Crippen LogP contribution in [0.25, 0.3) is 5.57 Å². The maximum absolute atomic E-state index is 13.8. The number of likely N-dealkylation sites (tertiary alicyclic amines) is 1. The van der Waals surface area contributed by atoms with Crippen LogP contribution in [0.5, 0.6) is 0 Å². The summed E-state index contributed by atoms with van der Waals surface area (Å²) in [5.41, 5.74) is 14.3. The zero-order valence-electron chi connectivity index (χ0n) is 40.8. The molecule has 10 rings (SSSR count). The number of amides is 4. The standard InChI is InChI=1S/C56H68N8O5S/c1-35-28-40(9-13-45(35)55(69)64-22-16-36(17-23-64)29-37-6-12-46-41(30-37)31-48(52(46)66)47-14-15-50(65)61-54(47)68)38-18-24-62(25-19-38)43-10-7-39(8-11-43)53(67)60-42-4-3-5-44(32-42)70-51-34-58-49(33-59-51)63-26-20-56(2,57)21-27-63/h3-4,6,9,12-13,18,28,30,32-34,36,39,43-44,47-48H,5,7-8,10-11,14-17,19-27,29,31,57H2,1-2H3,(H,60,67)(H,61,65,68). The fourth-order valence-corrected chi connectivity index (χ4v) is 13.0. The molecule has 0 bridgehead atoms. The first kappa shape index (κ1) is 48.2. The minimum atomic E-state index is -0.449. The smallest absolute Gasteiger partial charge is 0.254 e. The fraction of sp³-hybridized carbons (Fsp3) is 0.518. The van der Waals surface area contributed by atoms with Crippen molar-refractivity contribution in [3.8, 4) is 0 Å². The van der Waals surface area contributed by atoms with E-state index in [-0.39, 0.29) is 52.5 Å². The molecule has 3 unspecified atom stereocenters. The number of aryl methyl sites for hydroxylation is 1. The Morgan fingerprint density at radius 1 is 0.900 bits per heavy atom. The molecule has 3 aliphatic carbocycles. The Kier molecular flexibility index (Phi) is 14.3. The molecule has 14 heteroatoms. The van der Waals surface area contributed by atoms with Crippen LogP contribution in [0.15, 0.2) is 83.8 Å². The lowest BCUT2D eigenvalue weighted by Crippen LogP contribution is -2.48. The molecule has 1 aromatic heterocycles. The minimum Gasteiger partial charge on any atom is -0.355 e. The minimum absolute atomic E-state index is 0.0154. The summed E-state index contributed by atoms with van der Waals surface area (Å²) >= 11 is 1.68. The molecule has 1 saturated carbocycles. The molecular weight excluding hydrogens is 897 g/mol. The summed E-state index contributed by atoms with van der Waals surface area (Å²) in [5.74, 6) is 0.176.